The van der Waals surface area contributed by atoms with E-state index in [0.29, 0.717) is 0 Å². The fraction of sp³-hybridized carbons (Fsp3) is 1.00. The summed E-state index contributed by atoms with van der Waals surface area (Å²) in [5.41, 5.74) is 0. The predicted molar refractivity (Wildman–Crippen MR) is 40.7 cm³/mol. The van der Waals surface area contributed by atoms with Gasteiger partial charge < -0.3 is 10.4 Å². The van der Waals surface area contributed by atoms with E-state index in [4.69, 9.17) is 0 Å². The van der Waals surface area contributed by atoms with Crippen molar-refractivity contribution in [3.05, 3.63) is 0 Å². The first-order chi connectivity index (χ1) is 4.84. The monoisotopic (exact) mass is 144 g/mol. The van der Waals surface area contributed by atoms with Gasteiger partial charge in [-0.2, -0.15) is 0 Å². The fourth-order valence-corrected chi connectivity index (χ4v) is 1.28. The number of hydrogen-bond acceptors (Lipinski definition) is 3. The van der Waals surface area contributed by atoms with Gasteiger partial charge >= 0.3 is 0 Å². The van der Waals surface area contributed by atoms with Gasteiger partial charge in [0.2, 0.25) is 0 Å². The summed E-state index contributed by atoms with van der Waals surface area (Å²) >= 11 is 0. The molecule has 1 saturated heterocycles. The molecule has 0 aromatic heterocycles. The molecular weight excluding hydrogens is 128 g/mol. The van der Waals surface area contributed by atoms with Gasteiger partial charge in [-0.05, 0) is 6.42 Å². The van der Waals surface area contributed by atoms with Gasteiger partial charge in [0.1, 0.15) is 6.23 Å². The van der Waals surface area contributed by atoms with Crippen molar-refractivity contribution in [1.82, 2.24) is 10.2 Å². The molecule has 0 aliphatic carbocycles. The number of rotatable bonds is 2. The van der Waals surface area contributed by atoms with Crippen molar-refractivity contribution in [3.63, 3.8) is 0 Å². The highest BCUT2D eigenvalue weighted by Gasteiger charge is 2.17. The van der Waals surface area contributed by atoms with Crippen LogP contribution in [0.1, 0.15) is 13.3 Å². The SMILES string of the molecule is CCCN1CCNCC1O. The van der Waals surface area contributed by atoms with E-state index in [9.17, 15) is 5.11 Å². The van der Waals surface area contributed by atoms with E-state index < -0.39 is 0 Å². The molecule has 1 rings (SSSR count). The average molecular weight is 144 g/mol. The molecule has 0 aromatic carbocycles. The zero-order chi connectivity index (χ0) is 7.40. The first-order valence-corrected chi connectivity index (χ1v) is 3.97. The van der Waals surface area contributed by atoms with Gasteiger partial charge in [0.25, 0.3) is 0 Å². The van der Waals surface area contributed by atoms with Crippen LogP contribution in [0.15, 0.2) is 0 Å². The molecule has 0 amide bonds. The van der Waals surface area contributed by atoms with E-state index in [1.54, 1.807) is 0 Å². The molecule has 1 atom stereocenters. The molecule has 0 radical (unpaired) electrons. The number of aliphatic hydroxyl groups excluding tert-OH is 1. The molecule has 10 heavy (non-hydrogen) atoms. The third kappa shape index (κ3) is 1.94. The van der Waals surface area contributed by atoms with Crippen molar-refractivity contribution in [1.29, 1.82) is 0 Å². The second-order valence-electron chi connectivity index (χ2n) is 2.72. The van der Waals surface area contributed by atoms with Crippen LogP contribution < -0.4 is 5.32 Å². The van der Waals surface area contributed by atoms with Crippen molar-refractivity contribution in [2.24, 2.45) is 0 Å². The summed E-state index contributed by atoms with van der Waals surface area (Å²) in [7, 11) is 0. The van der Waals surface area contributed by atoms with E-state index in [1.807, 2.05) is 0 Å². The van der Waals surface area contributed by atoms with Crippen LogP contribution in [0.5, 0.6) is 0 Å². The van der Waals surface area contributed by atoms with Crippen LogP contribution in [0.25, 0.3) is 0 Å². The van der Waals surface area contributed by atoms with Crippen LogP contribution in [0, 0.1) is 0 Å². The van der Waals surface area contributed by atoms with Crippen LogP contribution in [-0.4, -0.2) is 42.4 Å². The van der Waals surface area contributed by atoms with E-state index in [2.05, 4.69) is 17.1 Å². The highest BCUT2D eigenvalue weighted by Crippen LogP contribution is 1.99. The van der Waals surface area contributed by atoms with E-state index >= 15 is 0 Å². The summed E-state index contributed by atoms with van der Waals surface area (Å²) in [6.07, 6.45) is 0.866. The number of piperazine rings is 1. The highest BCUT2D eigenvalue weighted by molar-refractivity contribution is 4.70. The zero-order valence-corrected chi connectivity index (χ0v) is 6.51. The maximum atomic E-state index is 9.36. The van der Waals surface area contributed by atoms with Crippen molar-refractivity contribution >= 4 is 0 Å². The summed E-state index contributed by atoms with van der Waals surface area (Å²) < 4.78 is 0. The Morgan fingerprint density at radius 2 is 2.50 bits per heavy atom. The van der Waals surface area contributed by atoms with Gasteiger partial charge in [0.15, 0.2) is 0 Å². The summed E-state index contributed by atoms with van der Waals surface area (Å²) in [4.78, 5) is 2.11. The van der Waals surface area contributed by atoms with Crippen molar-refractivity contribution in [2.45, 2.75) is 19.6 Å². The lowest BCUT2D eigenvalue weighted by molar-refractivity contribution is -0.0122. The Morgan fingerprint density at radius 1 is 1.70 bits per heavy atom. The first kappa shape index (κ1) is 7.98. The number of nitrogens with zero attached hydrogens (tertiary/aromatic N) is 1. The standard InChI is InChI=1S/C7H16N2O/c1-2-4-9-5-3-8-6-7(9)10/h7-8,10H,2-6H2,1H3. The average Bonchev–Trinajstić information content (AvgIpc) is 1.94. The molecule has 0 aromatic rings. The van der Waals surface area contributed by atoms with Crippen LogP contribution in [0.3, 0.4) is 0 Å². The fourth-order valence-electron chi connectivity index (χ4n) is 1.28. The molecular formula is C7H16N2O. The van der Waals surface area contributed by atoms with Crippen molar-refractivity contribution in [2.75, 3.05) is 26.2 Å². The van der Waals surface area contributed by atoms with Gasteiger partial charge in [-0.1, -0.05) is 6.92 Å². The molecule has 60 valence electrons. The topological polar surface area (TPSA) is 35.5 Å². The maximum absolute atomic E-state index is 9.36. The number of hydrogen-bond donors (Lipinski definition) is 2. The minimum atomic E-state index is -0.256. The lowest BCUT2D eigenvalue weighted by atomic mass is 10.3. The number of β-amino-alcohol motifs (C(OH)–C–C–N with tert-alkyl or cyclic N) is 1. The third-order valence-corrected chi connectivity index (χ3v) is 1.84. The molecule has 1 unspecified atom stereocenters. The lowest BCUT2D eigenvalue weighted by Gasteiger charge is -2.32. The molecule has 1 aliphatic heterocycles. The molecule has 3 heteroatoms. The number of aliphatic hydroxyl groups is 1. The minimum Gasteiger partial charge on any atom is -0.377 e. The second kappa shape index (κ2) is 3.91. The highest BCUT2D eigenvalue weighted by atomic mass is 16.3. The molecule has 0 saturated carbocycles. The molecule has 0 spiro atoms. The molecule has 1 fully saturated rings. The molecule has 1 heterocycles. The number of nitrogens with one attached hydrogen (secondary N) is 1. The van der Waals surface area contributed by atoms with E-state index in [1.165, 1.54) is 0 Å². The maximum Gasteiger partial charge on any atom is 0.120 e. The quantitative estimate of drug-likeness (QED) is 0.554. The zero-order valence-electron chi connectivity index (χ0n) is 6.51. The normalized spacial score (nSPS) is 28.8. The first-order valence-electron chi connectivity index (χ1n) is 3.97. The van der Waals surface area contributed by atoms with Gasteiger partial charge in [-0.15, -0.1) is 0 Å². The Morgan fingerprint density at radius 3 is 3.10 bits per heavy atom. The molecule has 1 aliphatic rings. The van der Waals surface area contributed by atoms with Gasteiger partial charge in [0, 0.05) is 26.2 Å². The third-order valence-electron chi connectivity index (χ3n) is 1.84. The summed E-state index contributed by atoms with van der Waals surface area (Å²) in [5.74, 6) is 0. The predicted octanol–water partition coefficient (Wildman–Crippen LogP) is -0.380. The molecule has 0 bridgehead atoms. The van der Waals surface area contributed by atoms with Crippen molar-refractivity contribution < 1.29 is 5.11 Å². The van der Waals surface area contributed by atoms with Crippen LogP contribution in [0.4, 0.5) is 0 Å². The second-order valence-corrected chi connectivity index (χ2v) is 2.72. The Kier molecular flexibility index (Phi) is 3.12. The van der Waals surface area contributed by atoms with Gasteiger partial charge in [-0.25, -0.2) is 0 Å². The van der Waals surface area contributed by atoms with Crippen LogP contribution in [-0.2, 0) is 0 Å². The van der Waals surface area contributed by atoms with Gasteiger partial charge in [-0.3, -0.25) is 4.90 Å². The smallest absolute Gasteiger partial charge is 0.120 e. The Hall–Kier alpha value is -0.120. The Balaban J connectivity index is 2.25. The summed E-state index contributed by atoms with van der Waals surface area (Å²) in [6.45, 7) is 5.86. The van der Waals surface area contributed by atoms with E-state index in [0.717, 1.165) is 32.6 Å². The van der Waals surface area contributed by atoms with Gasteiger partial charge in [0.05, 0.1) is 0 Å². The molecule has 3 nitrogen and oxygen atoms in total. The van der Waals surface area contributed by atoms with Crippen molar-refractivity contribution in [3.8, 4) is 0 Å². The Labute approximate surface area is 62.0 Å². The lowest BCUT2D eigenvalue weighted by Crippen LogP contribution is -2.51. The summed E-state index contributed by atoms with van der Waals surface area (Å²) in [6, 6.07) is 0. The van der Waals surface area contributed by atoms with Crippen LogP contribution in [0.2, 0.25) is 0 Å². The summed E-state index contributed by atoms with van der Waals surface area (Å²) in [5, 5.41) is 12.5. The molecule has 2 N–H and O–H groups in total. The minimum absolute atomic E-state index is 0.256. The largest absolute Gasteiger partial charge is 0.377 e. The van der Waals surface area contributed by atoms with E-state index in [-0.39, 0.29) is 6.23 Å². The Bertz CT molecular complexity index is 95.6. The van der Waals surface area contributed by atoms with Crippen LogP contribution >= 0.6 is 0 Å².